The van der Waals surface area contributed by atoms with Crippen molar-refractivity contribution in [1.29, 1.82) is 0 Å². The molecule has 0 saturated heterocycles. The fourth-order valence-corrected chi connectivity index (χ4v) is 3.12. The van der Waals surface area contributed by atoms with Crippen molar-refractivity contribution in [2.45, 2.75) is 18.1 Å². The first-order valence-corrected chi connectivity index (χ1v) is 7.64. The van der Waals surface area contributed by atoms with Gasteiger partial charge in [0.05, 0.1) is 0 Å². The molecule has 112 valence electrons. The molecule has 0 amide bonds. The van der Waals surface area contributed by atoms with Crippen LogP contribution >= 0.6 is 0 Å². The number of hydrogen-bond donors (Lipinski definition) is 1. The first-order chi connectivity index (χ1) is 9.84. The number of benzene rings is 1. The Morgan fingerprint density at radius 2 is 1.81 bits per heavy atom. The van der Waals surface area contributed by atoms with Gasteiger partial charge in [0.1, 0.15) is 0 Å². The van der Waals surface area contributed by atoms with Crippen molar-refractivity contribution in [3.63, 3.8) is 0 Å². The molecule has 0 spiro atoms. The zero-order valence-electron chi connectivity index (χ0n) is 11.6. The lowest BCUT2D eigenvalue weighted by Gasteiger charge is -2.23. The number of nitrogens with zero attached hydrogens (tertiary/aromatic N) is 1. The minimum absolute atomic E-state index is 0.384. The van der Waals surface area contributed by atoms with Gasteiger partial charge in [-0.2, -0.15) is 4.31 Å². The summed E-state index contributed by atoms with van der Waals surface area (Å²) in [6.45, 7) is 1.74. The van der Waals surface area contributed by atoms with Crippen molar-refractivity contribution in [1.82, 2.24) is 4.31 Å². The van der Waals surface area contributed by atoms with Crippen LogP contribution < -0.4 is 0 Å². The van der Waals surface area contributed by atoms with Gasteiger partial charge in [0.15, 0.2) is 0 Å². The zero-order chi connectivity index (χ0) is 15.6. The van der Waals surface area contributed by atoms with Gasteiger partial charge in [-0.3, -0.25) is 0 Å². The lowest BCUT2D eigenvalue weighted by atomic mass is 10.1. The number of rotatable bonds is 5. The highest BCUT2D eigenvalue weighted by atomic mass is 32.2. The van der Waals surface area contributed by atoms with Gasteiger partial charge in [-0.25, -0.2) is 13.2 Å². The monoisotopic (exact) mass is 309 g/mol. The number of sulfonamides is 1. The summed E-state index contributed by atoms with van der Waals surface area (Å²) in [5.41, 5.74) is 0.827. The number of carboxylic acid groups (broad SMARTS) is 1. The molecule has 1 aromatic heterocycles. The molecule has 7 heteroatoms. The first-order valence-electron chi connectivity index (χ1n) is 6.20. The Kier molecular flexibility index (Phi) is 4.15. The molecule has 0 aliphatic carbocycles. The smallest absolute Gasteiger partial charge is 0.371 e. The molecule has 2 aromatic rings. The Morgan fingerprint density at radius 3 is 2.33 bits per heavy atom. The molecule has 1 aromatic carbocycles. The van der Waals surface area contributed by atoms with E-state index < -0.39 is 27.8 Å². The Balaban J connectivity index is 2.32. The SMILES string of the molecule is CC(c1ccccc1)N(C)S(=O)(=O)c1ccc(C(=O)O)o1. The summed E-state index contributed by atoms with van der Waals surface area (Å²) in [7, 11) is -2.47. The van der Waals surface area contributed by atoms with Crippen molar-refractivity contribution >= 4 is 16.0 Å². The van der Waals surface area contributed by atoms with Gasteiger partial charge in [0.2, 0.25) is 10.9 Å². The van der Waals surface area contributed by atoms with Crippen LogP contribution in [0.1, 0.15) is 29.1 Å². The highest BCUT2D eigenvalue weighted by Crippen LogP contribution is 2.26. The summed E-state index contributed by atoms with van der Waals surface area (Å²) in [6, 6.07) is 11.0. The van der Waals surface area contributed by atoms with E-state index in [4.69, 9.17) is 9.52 Å². The van der Waals surface area contributed by atoms with Crippen molar-refractivity contribution in [3.8, 4) is 0 Å². The van der Waals surface area contributed by atoms with Gasteiger partial charge >= 0.3 is 5.97 Å². The third-order valence-electron chi connectivity index (χ3n) is 3.25. The molecular weight excluding hydrogens is 294 g/mol. The second-order valence-corrected chi connectivity index (χ2v) is 6.46. The number of furan rings is 1. The van der Waals surface area contributed by atoms with Gasteiger partial charge in [-0.05, 0) is 24.6 Å². The van der Waals surface area contributed by atoms with E-state index in [1.165, 1.54) is 7.05 Å². The highest BCUT2D eigenvalue weighted by Gasteiger charge is 2.29. The zero-order valence-corrected chi connectivity index (χ0v) is 12.4. The third kappa shape index (κ3) is 2.98. The van der Waals surface area contributed by atoms with Crippen LogP contribution in [0, 0.1) is 0 Å². The van der Waals surface area contributed by atoms with Gasteiger partial charge in [0, 0.05) is 13.1 Å². The lowest BCUT2D eigenvalue weighted by molar-refractivity contribution is 0.0656. The summed E-state index contributed by atoms with van der Waals surface area (Å²) < 4.78 is 30.9. The number of carbonyl (C=O) groups is 1. The molecule has 0 aliphatic rings. The number of carboxylic acids is 1. The quantitative estimate of drug-likeness (QED) is 0.916. The molecule has 1 heterocycles. The minimum Gasteiger partial charge on any atom is -0.475 e. The molecule has 0 radical (unpaired) electrons. The van der Waals surface area contributed by atoms with E-state index in [9.17, 15) is 13.2 Å². The largest absolute Gasteiger partial charge is 0.475 e. The van der Waals surface area contributed by atoms with Crippen LogP contribution in [-0.2, 0) is 10.0 Å². The Morgan fingerprint density at radius 1 is 1.19 bits per heavy atom. The standard InChI is InChI=1S/C14H15NO5S/c1-10(11-6-4-3-5-7-11)15(2)21(18,19)13-9-8-12(20-13)14(16)17/h3-10H,1-2H3,(H,16,17). The Bertz CT molecular complexity index is 736. The minimum atomic E-state index is -3.90. The molecule has 1 atom stereocenters. The topological polar surface area (TPSA) is 87.8 Å². The summed E-state index contributed by atoms with van der Waals surface area (Å²) in [5, 5.41) is 8.40. The average Bonchev–Trinajstić information content (AvgIpc) is 2.97. The molecule has 6 nitrogen and oxygen atoms in total. The summed E-state index contributed by atoms with van der Waals surface area (Å²) in [6.07, 6.45) is 0. The third-order valence-corrected chi connectivity index (χ3v) is 5.06. The van der Waals surface area contributed by atoms with Gasteiger partial charge in [-0.15, -0.1) is 0 Å². The summed E-state index contributed by atoms with van der Waals surface area (Å²) in [5.74, 6) is -1.72. The van der Waals surface area contributed by atoms with Crippen molar-refractivity contribution < 1.29 is 22.7 Å². The molecule has 1 N–H and O–H groups in total. The van der Waals surface area contributed by atoms with Crippen LogP contribution in [0.25, 0.3) is 0 Å². The molecular formula is C14H15NO5S. The van der Waals surface area contributed by atoms with E-state index in [2.05, 4.69) is 0 Å². The van der Waals surface area contributed by atoms with Gasteiger partial charge in [0.25, 0.3) is 10.0 Å². The molecule has 21 heavy (non-hydrogen) atoms. The second-order valence-electron chi connectivity index (χ2n) is 4.53. The van der Waals surface area contributed by atoms with Gasteiger partial charge in [-0.1, -0.05) is 30.3 Å². The van der Waals surface area contributed by atoms with Gasteiger partial charge < -0.3 is 9.52 Å². The van der Waals surface area contributed by atoms with Crippen LogP contribution in [0.3, 0.4) is 0 Å². The molecule has 0 saturated carbocycles. The van der Waals surface area contributed by atoms with Crippen LogP contribution in [-0.4, -0.2) is 30.8 Å². The molecule has 0 bridgehead atoms. The maximum absolute atomic E-state index is 12.4. The maximum atomic E-state index is 12.4. The highest BCUT2D eigenvalue weighted by molar-refractivity contribution is 7.89. The van der Waals surface area contributed by atoms with E-state index >= 15 is 0 Å². The van der Waals surface area contributed by atoms with E-state index in [1.54, 1.807) is 6.92 Å². The Labute approximate surface area is 122 Å². The lowest BCUT2D eigenvalue weighted by Crippen LogP contribution is -2.29. The van der Waals surface area contributed by atoms with Crippen molar-refractivity contribution in [3.05, 3.63) is 53.8 Å². The number of aromatic carboxylic acids is 1. The van der Waals surface area contributed by atoms with E-state index in [1.807, 2.05) is 30.3 Å². The fourth-order valence-electron chi connectivity index (χ4n) is 1.87. The predicted octanol–water partition coefficient (Wildman–Crippen LogP) is 2.36. The molecule has 2 rings (SSSR count). The summed E-state index contributed by atoms with van der Waals surface area (Å²) >= 11 is 0. The molecule has 0 aliphatic heterocycles. The van der Waals surface area contributed by atoms with Crippen molar-refractivity contribution in [2.75, 3.05) is 7.05 Å². The fraction of sp³-hybridized carbons (Fsp3) is 0.214. The van der Waals surface area contributed by atoms with E-state index in [-0.39, 0.29) is 5.09 Å². The second kappa shape index (κ2) is 5.71. The predicted molar refractivity (Wildman–Crippen MR) is 75.5 cm³/mol. The van der Waals surface area contributed by atoms with E-state index in [0.29, 0.717) is 0 Å². The van der Waals surface area contributed by atoms with E-state index in [0.717, 1.165) is 22.0 Å². The van der Waals surface area contributed by atoms with Crippen LogP contribution in [0.4, 0.5) is 0 Å². The normalized spacial score (nSPS) is 13.3. The van der Waals surface area contributed by atoms with Crippen LogP contribution in [0.5, 0.6) is 0 Å². The average molecular weight is 309 g/mol. The van der Waals surface area contributed by atoms with Crippen LogP contribution in [0.15, 0.2) is 52.0 Å². The number of hydrogen-bond acceptors (Lipinski definition) is 4. The van der Waals surface area contributed by atoms with Crippen molar-refractivity contribution in [2.24, 2.45) is 0 Å². The maximum Gasteiger partial charge on any atom is 0.371 e. The first kappa shape index (κ1) is 15.3. The Hall–Kier alpha value is -2.12. The van der Waals surface area contributed by atoms with Crippen LogP contribution in [0.2, 0.25) is 0 Å². The molecule has 1 unspecified atom stereocenters. The molecule has 0 fully saturated rings. The summed E-state index contributed by atoms with van der Waals surface area (Å²) in [4.78, 5) is 10.8.